The molecule has 0 bridgehead atoms. The van der Waals surface area contributed by atoms with Crippen molar-refractivity contribution in [1.29, 1.82) is 0 Å². The van der Waals surface area contributed by atoms with Crippen LogP contribution in [0.1, 0.15) is 22.5 Å². The predicted octanol–water partition coefficient (Wildman–Crippen LogP) is 0.142. The normalized spacial score (nSPS) is 9.65. The minimum atomic E-state index is -1.11. The molecule has 0 aliphatic heterocycles. The van der Waals surface area contributed by atoms with Crippen LogP contribution in [0.2, 0.25) is 0 Å². The second-order valence-electron chi connectivity index (χ2n) is 3.79. The molecule has 0 aliphatic rings. The summed E-state index contributed by atoms with van der Waals surface area (Å²) < 4.78 is 4.42. The Kier molecular flexibility index (Phi) is 5.95. The molecule has 0 saturated heterocycles. The van der Waals surface area contributed by atoms with Gasteiger partial charge in [0.05, 0.1) is 13.5 Å². The number of ether oxygens (including phenoxy) is 1. The fourth-order valence-electron chi connectivity index (χ4n) is 1.28. The number of nitrogens with one attached hydrogen (secondary N) is 2. The molecule has 0 radical (unpaired) electrons. The molecule has 0 unspecified atom stereocenters. The molecule has 1 heterocycles. The third-order valence-electron chi connectivity index (χ3n) is 2.34. The van der Waals surface area contributed by atoms with Gasteiger partial charge >= 0.3 is 18.0 Å². The summed E-state index contributed by atoms with van der Waals surface area (Å²) in [7, 11) is 1.27. The van der Waals surface area contributed by atoms with Crippen molar-refractivity contribution in [3.63, 3.8) is 0 Å². The number of pyridine rings is 1. The third-order valence-corrected chi connectivity index (χ3v) is 2.34. The van der Waals surface area contributed by atoms with Crippen LogP contribution in [0, 0.1) is 0 Å². The summed E-state index contributed by atoms with van der Waals surface area (Å²) in [5, 5.41) is 13.7. The lowest BCUT2D eigenvalue weighted by molar-refractivity contribution is -0.140. The van der Waals surface area contributed by atoms with Gasteiger partial charge in [-0.05, 0) is 11.6 Å². The van der Waals surface area contributed by atoms with E-state index in [9.17, 15) is 14.4 Å². The molecule has 8 nitrogen and oxygen atoms in total. The number of amides is 2. The van der Waals surface area contributed by atoms with Crippen LogP contribution < -0.4 is 10.6 Å². The first kappa shape index (κ1) is 15.4. The number of methoxy groups -OCH3 is 1. The fourth-order valence-corrected chi connectivity index (χ4v) is 1.28. The lowest BCUT2D eigenvalue weighted by atomic mass is 10.2. The predicted molar refractivity (Wildman–Crippen MR) is 68.1 cm³/mol. The summed E-state index contributed by atoms with van der Waals surface area (Å²) in [6.45, 7) is 0.381. The number of carbonyl (C=O) groups is 3. The first-order valence-corrected chi connectivity index (χ1v) is 5.79. The first-order chi connectivity index (χ1) is 9.52. The van der Waals surface area contributed by atoms with Crippen molar-refractivity contribution in [1.82, 2.24) is 15.6 Å². The number of carboxylic acids is 1. The molecule has 0 fully saturated rings. The lowest BCUT2D eigenvalue weighted by Crippen LogP contribution is -2.36. The van der Waals surface area contributed by atoms with Gasteiger partial charge in [-0.1, -0.05) is 6.07 Å². The molecule has 2 amide bonds. The maximum absolute atomic E-state index is 11.4. The van der Waals surface area contributed by atoms with Crippen molar-refractivity contribution in [2.75, 3.05) is 13.7 Å². The van der Waals surface area contributed by atoms with Crippen molar-refractivity contribution >= 4 is 18.0 Å². The maximum atomic E-state index is 11.4. The standard InChI is InChI=1S/C12H15N3O5/c1-20-10(16)4-5-13-12(19)15-7-8-2-3-9(11(17)18)14-6-8/h2-3,6H,4-5,7H2,1H3,(H,17,18)(H2,13,15,19). The molecule has 0 aromatic carbocycles. The second-order valence-corrected chi connectivity index (χ2v) is 3.79. The van der Waals surface area contributed by atoms with Crippen LogP contribution in [0.5, 0.6) is 0 Å². The number of nitrogens with zero attached hydrogens (tertiary/aromatic N) is 1. The molecule has 1 rings (SSSR count). The zero-order valence-electron chi connectivity index (χ0n) is 10.9. The number of esters is 1. The van der Waals surface area contributed by atoms with Crippen LogP contribution in [0.3, 0.4) is 0 Å². The third kappa shape index (κ3) is 5.34. The van der Waals surface area contributed by atoms with Crippen molar-refractivity contribution in [3.05, 3.63) is 29.6 Å². The molecule has 0 spiro atoms. The minimum Gasteiger partial charge on any atom is -0.477 e. The number of hydrogen-bond acceptors (Lipinski definition) is 5. The summed E-state index contributed by atoms with van der Waals surface area (Å²) in [6.07, 6.45) is 1.47. The largest absolute Gasteiger partial charge is 0.477 e. The van der Waals surface area contributed by atoms with Crippen LogP contribution in [0.15, 0.2) is 18.3 Å². The number of carboxylic acid groups (broad SMARTS) is 1. The molecule has 108 valence electrons. The van der Waals surface area contributed by atoms with Crippen LogP contribution in [0.25, 0.3) is 0 Å². The quantitative estimate of drug-likeness (QED) is 0.638. The van der Waals surface area contributed by atoms with E-state index < -0.39 is 18.0 Å². The number of urea groups is 1. The number of rotatable bonds is 6. The van der Waals surface area contributed by atoms with Crippen LogP contribution in [0.4, 0.5) is 4.79 Å². The Bertz CT molecular complexity index is 486. The fraction of sp³-hybridized carbons (Fsp3) is 0.333. The van der Waals surface area contributed by atoms with E-state index in [2.05, 4.69) is 20.4 Å². The van der Waals surface area contributed by atoms with Crippen LogP contribution in [-0.2, 0) is 16.1 Å². The van der Waals surface area contributed by atoms with Gasteiger partial charge in [0, 0.05) is 19.3 Å². The van der Waals surface area contributed by atoms with Gasteiger partial charge in [0.25, 0.3) is 0 Å². The Balaban J connectivity index is 2.30. The average molecular weight is 281 g/mol. The number of carbonyl (C=O) groups excluding carboxylic acids is 2. The van der Waals surface area contributed by atoms with Gasteiger partial charge in [0.15, 0.2) is 0 Å². The Morgan fingerprint density at radius 1 is 1.30 bits per heavy atom. The summed E-state index contributed by atoms with van der Waals surface area (Å²) in [6, 6.07) is 2.48. The van der Waals surface area contributed by atoms with E-state index in [-0.39, 0.29) is 25.2 Å². The summed E-state index contributed by atoms with van der Waals surface area (Å²) in [5.74, 6) is -1.51. The van der Waals surface area contributed by atoms with Crippen LogP contribution >= 0.6 is 0 Å². The Labute approximate surface area is 115 Å². The van der Waals surface area contributed by atoms with E-state index in [1.54, 1.807) is 6.07 Å². The molecule has 0 atom stereocenters. The van der Waals surface area contributed by atoms with Gasteiger partial charge in [0.1, 0.15) is 5.69 Å². The molecule has 20 heavy (non-hydrogen) atoms. The van der Waals surface area contributed by atoms with Gasteiger partial charge < -0.3 is 20.5 Å². The Morgan fingerprint density at radius 2 is 2.05 bits per heavy atom. The SMILES string of the molecule is COC(=O)CCNC(=O)NCc1ccc(C(=O)O)nc1. The van der Waals surface area contributed by atoms with Gasteiger partial charge in [0.2, 0.25) is 0 Å². The Morgan fingerprint density at radius 3 is 2.60 bits per heavy atom. The molecule has 0 saturated carbocycles. The van der Waals surface area contributed by atoms with Crippen molar-refractivity contribution < 1.29 is 24.2 Å². The highest BCUT2D eigenvalue weighted by molar-refractivity contribution is 5.85. The minimum absolute atomic E-state index is 0.0590. The zero-order valence-corrected chi connectivity index (χ0v) is 10.9. The number of hydrogen-bond donors (Lipinski definition) is 3. The average Bonchev–Trinajstić information content (AvgIpc) is 2.45. The van der Waals surface area contributed by atoms with E-state index in [1.165, 1.54) is 19.4 Å². The molecule has 1 aromatic rings. The lowest BCUT2D eigenvalue weighted by Gasteiger charge is -2.07. The van der Waals surface area contributed by atoms with E-state index in [4.69, 9.17) is 5.11 Å². The van der Waals surface area contributed by atoms with Crippen molar-refractivity contribution in [3.8, 4) is 0 Å². The summed E-state index contributed by atoms with van der Waals surface area (Å²) in [5.41, 5.74) is 0.606. The molecule has 1 aromatic heterocycles. The molecule has 3 N–H and O–H groups in total. The van der Waals surface area contributed by atoms with Gasteiger partial charge in [-0.25, -0.2) is 14.6 Å². The van der Waals surface area contributed by atoms with Crippen LogP contribution in [-0.4, -0.2) is 41.7 Å². The topological polar surface area (TPSA) is 118 Å². The van der Waals surface area contributed by atoms with Gasteiger partial charge in [-0.15, -0.1) is 0 Å². The summed E-state index contributed by atoms with van der Waals surface area (Å²) in [4.78, 5) is 36.5. The van der Waals surface area contributed by atoms with E-state index >= 15 is 0 Å². The highest BCUT2D eigenvalue weighted by Gasteiger charge is 2.05. The van der Waals surface area contributed by atoms with E-state index in [0.29, 0.717) is 5.56 Å². The highest BCUT2D eigenvalue weighted by Crippen LogP contribution is 1.99. The molecule has 8 heteroatoms. The second kappa shape index (κ2) is 7.72. The molecule has 0 aliphatic carbocycles. The number of aromatic nitrogens is 1. The highest BCUT2D eigenvalue weighted by atomic mass is 16.5. The molecular weight excluding hydrogens is 266 g/mol. The monoisotopic (exact) mass is 281 g/mol. The summed E-state index contributed by atoms with van der Waals surface area (Å²) >= 11 is 0. The van der Waals surface area contributed by atoms with Gasteiger partial charge in [-0.3, -0.25) is 4.79 Å². The van der Waals surface area contributed by atoms with Crippen molar-refractivity contribution in [2.24, 2.45) is 0 Å². The van der Waals surface area contributed by atoms with E-state index in [1.807, 2.05) is 0 Å². The molecular formula is C12H15N3O5. The van der Waals surface area contributed by atoms with Gasteiger partial charge in [-0.2, -0.15) is 0 Å². The Hall–Kier alpha value is -2.64. The number of aromatic carboxylic acids is 1. The van der Waals surface area contributed by atoms with Crippen molar-refractivity contribution in [2.45, 2.75) is 13.0 Å². The maximum Gasteiger partial charge on any atom is 0.354 e. The smallest absolute Gasteiger partial charge is 0.354 e. The first-order valence-electron chi connectivity index (χ1n) is 5.79. The zero-order chi connectivity index (χ0) is 15.0. The van der Waals surface area contributed by atoms with E-state index in [0.717, 1.165) is 0 Å².